The van der Waals surface area contributed by atoms with Crippen LogP contribution in [0.5, 0.6) is 0 Å². The van der Waals surface area contributed by atoms with Crippen LogP contribution in [0.4, 0.5) is 5.82 Å². The van der Waals surface area contributed by atoms with Crippen LogP contribution in [0.3, 0.4) is 0 Å². The van der Waals surface area contributed by atoms with Crippen LogP contribution < -0.4 is 5.73 Å². The van der Waals surface area contributed by atoms with E-state index in [4.69, 9.17) is 27.8 Å². The standard InChI is InChI=1S/C11H17N3O3S/c1-2-6-4-14(11(18)13-10(6)12)9-3-7(16)8(5-15)17-9/h4,7-9,15-16H,2-3,5H2,1H3,(H2,12,13,18)/t7-,8+,9-/m1/s1. The number of hydrogen-bond acceptors (Lipinski definition) is 6. The first kappa shape index (κ1) is 13.4. The molecule has 7 heteroatoms. The Kier molecular flexibility index (Phi) is 3.96. The molecule has 100 valence electrons. The fourth-order valence-electron chi connectivity index (χ4n) is 2.05. The van der Waals surface area contributed by atoms with Gasteiger partial charge in [-0.2, -0.15) is 0 Å². The van der Waals surface area contributed by atoms with Crippen molar-refractivity contribution in [1.29, 1.82) is 0 Å². The molecule has 0 radical (unpaired) electrons. The predicted octanol–water partition coefficient (Wildman–Crippen LogP) is 0.398. The average molecular weight is 271 g/mol. The second-order valence-corrected chi connectivity index (χ2v) is 4.67. The molecule has 0 aliphatic carbocycles. The smallest absolute Gasteiger partial charge is 0.203 e. The molecule has 3 atom stereocenters. The summed E-state index contributed by atoms with van der Waals surface area (Å²) in [6.45, 7) is 1.76. The first-order valence-corrected chi connectivity index (χ1v) is 6.29. The predicted molar refractivity (Wildman–Crippen MR) is 68.5 cm³/mol. The van der Waals surface area contributed by atoms with E-state index in [1.54, 1.807) is 4.57 Å². The van der Waals surface area contributed by atoms with Gasteiger partial charge in [0, 0.05) is 18.2 Å². The van der Waals surface area contributed by atoms with E-state index in [2.05, 4.69) is 4.98 Å². The summed E-state index contributed by atoms with van der Waals surface area (Å²) in [5.41, 5.74) is 6.64. The quantitative estimate of drug-likeness (QED) is 0.689. The van der Waals surface area contributed by atoms with Crippen LogP contribution in [0, 0.1) is 4.77 Å². The van der Waals surface area contributed by atoms with Gasteiger partial charge in [-0.05, 0) is 18.6 Å². The number of hydrogen-bond donors (Lipinski definition) is 3. The van der Waals surface area contributed by atoms with Crippen LogP contribution in [0.25, 0.3) is 0 Å². The fraction of sp³-hybridized carbons (Fsp3) is 0.636. The topological polar surface area (TPSA) is 93.5 Å². The molecule has 0 saturated carbocycles. The fourth-order valence-corrected chi connectivity index (χ4v) is 2.32. The van der Waals surface area contributed by atoms with E-state index >= 15 is 0 Å². The summed E-state index contributed by atoms with van der Waals surface area (Å²) in [4.78, 5) is 4.10. The van der Waals surface area contributed by atoms with E-state index in [1.807, 2.05) is 13.1 Å². The molecule has 2 heterocycles. The highest BCUT2D eigenvalue weighted by Gasteiger charge is 2.34. The lowest BCUT2D eigenvalue weighted by Crippen LogP contribution is -2.24. The summed E-state index contributed by atoms with van der Waals surface area (Å²) in [7, 11) is 0. The Bertz CT molecular complexity index is 491. The van der Waals surface area contributed by atoms with E-state index in [0.717, 1.165) is 12.0 Å². The molecule has 0 bridgehead atoms. The first-order valence-electron chi connectivity index (χ1n) is 5.88. The van der Waals surface area contributed by atoms with E-state index in [-0.39, 0.29) is 6.61 Å². The Balaban J connectivity index is 2.32. The lowest BCUT2D eigenvalue weighted by molar-refractivity contribution is -0.0453. The van der Waals surface area contributed by atoms with Gasteiger partial charge in [-0.15, -0.1) is 0 Å². The summed E-state index contributed by atoms with van der Waals surface area (Å²) < 4.78 is 7.55. The molecule has 1 saturated heterocycles. The second kappa shape index (κ2) is 5.31. The monoisotopic (exact) mass is 271 g/mol. The Morgan fingerprint density at radius 2 is 2.39 bits per heavy atom. The van der Waals surface area contributed by atoms with Crippen LogP contribution in [0.2, 0.25) is 0 Å². The van der Waals surface area contributed by atoms with Gasteiger partial charge in [-0.25, -0.2) is 4.98 Å². The summed E-state index contributed by atoms with van der Waals surface area (Å²) in [5, 5.41) is 18.8. The Hall–Kier alpha value is -1.02. The molecule has 0 unspecified atom stereocenters. The van der Waals surface area contributed by atoms with E-state index in [9.17, 15) is 5.11 Å². The molecular formula is C11H17N3O3S. The maximum absolute atomic E-state index is 9.72. The molecule has 1 aliphatic heterocycles. The molecule has 1 aliphatic rings. The Morgan fingerprint density at radius 1 is 1.67 bits per heavy atom. The number of ether oxygens (including phenoxy) is 1. The number of aryl methyl sites for hydroxylation is 1. The number of aromatic nitrogens is 2. The third kappa shape index (κ3) is 2.39. The number of nitrogen functional groups attached to an aromatic ring is 1. The van der Waals surface area contributed by atoms with Crippen molar-refractivity contribution in [1.82, 2.24) is 9.55 Å². The number of rotatable bonds is 3. The van der Waals surface area contributed by atoms with Crippen molar-refractivity contribution in [2.45, 2.75) is 38.2 Å². The highest BCUT2D eigenvalue weighted by molar-refractivity contribution is 7.71. The van der Waals surface area contributed by atoms with E-state index in [0.29, 0.717) is 17.0 Å². The van der Waals surface area contributed by atoms with Crippen molar-refractivity contribution in [3.63, 3.8) is 0 Å². The molecule has 4 N–H and O–H groups in total. The van der Waals surface area contributed by atoms with E-state index < -0.39 is 18.4 Å². The molecular weight excluding hydrogens is 254 g/mol. The minimum Gasteiger partial charge on any atom is -0.394 e. The van der Waals surface area contributed by atoms with Crippen LogP contribution in [-0.4, -0.2) is 38.6 Å². The molecule has 18 heavy (non-hydrogen) atoms. The van der Waals surface area contributed by atoms with Crippen LogP contribution in [0.15, 0.2) is 6.20 Å². The van der Waals surface area contributed by atoms with Crippen molar-refractivity contribution in [2.24, 2.45) is 0 Å². The summed E-state index contributed by atoms with van der Waals surface area (Å²) in [5.74, 6) is 0.427. The van der Waals surface area contributed by atoms with Crippen LogP contribution in [-0.2, 0) is 11.2 Å². The number of nitrogens with two attached hydrogens (primary N) is 1. The number of anilines is 1. The third-order valence-corrected chi connectivity index (χ3v) is 3.44. The number of nitrogens with zero attached hydrogens (tertiary/aromatic N) is 2. The lowest BCUT2D eigenvalue weighted by atomic mass is 10.2. The zero-order valence-corrected chi connectivity index (χ0v) is 10.9. The van der Waals surface area contributed by atoms with Gasteiger partial charge in [-0.1, -0.05) is 6.92 Å². The zero-order valence-electron chi connectivity index (χ0n) is 10.1. The molecule has 0 aromatic carbocycles. The SMILES string of the molecule is CCc1cn([C@H]2C[C@@H](O)[C@H](CO)O2)c(=S)nc1N. The van der Waals surface area contributed by atoms with Crippen molar-refractivity contribution in [3.05, 3.63) is 16.5 Å². The average Bonchev–Trinajstić information content (AvgIpc) is 2.70. The maximum atomic E-state index is 9.72. The maximum Gasteiger partial charge on any atom is 0.203 e. The van der Waals surface area contributed by atoms with Crippen LogP contribution >= 0.6 is 12.2 Å². The van der Waals surface area contributed by atoms with Gasteiger partial charge in [0.1, 0.15) is 18.1 Å². The van der Waals surface area contributed by atoms with Gasteiger partial charge in [0.15, 0.2) is 0 Å². The van der Waals surface area contributed by atoms with Crippen molar-refractivity contribution >= 4 is 18.0 Å². The summed E-state index contributed by atoms with van der Waals surface area (Å²) >= 11 is 5.14. The van der Waals surface area contributed by atoms with Crippen molar-refractivity contribution < 1.29 is 14.9 Å². The van der Waals surface area contributed by atoms with Gasteiger partial charge in [-0.3, -0.25) is 4.57 Å². The number of aliphatic hydroxyl groups excluding tert-OH is 2. The van der Waals surface area contributed by atoms with Gasteiger partial charge in [0.05, 0.1) is 12.7 Å². The highest BCUT2D eigenvalue weighted by Crippen LogP contribution is 2.29. The minimum absolute atomic E-state index is 0.214. The van der Waals surface area contributed by atoms with Crippen molar-refractivity contribution in [2.75, 3.05) is 12.3 Å². The van der Waals surface area contributed by atoms with Gasteiger partial charge in [0.2, 0.25) is 4.77 Å². The molecule has 0 spiro atoms. The molecule has 2 rings (SSSR count). The molecule has 1 fully saturated rings. The lowest BCUT2D eigenvalue weighted by Gasteiger charge is -2.17. The summed E-state index contributed by atoms with van der Waals surface area (Å²) in [6.07, 6.45) is 1.27. The van der Waals surface area contributed by atoms with Gasteiger partial charge < -0.3 is 20.7 Å². The normalized spacial score (nSPS) is 27.6. The van der Waals surface area contributed by atoms with E-state index in [1.165, 1.54) is 0 Å². The van der Waals surface area contributed by atoms with Crippen LogP contribution in [0.1, 0.15) is 25.1 Å². The summed E-state index contributed by atoms with van der Waals surface area (Å²) in [6, 6.07) is 0. The minimum atomic E-state index is -0.690. The third-order valence-electron chi connectivity index (χ3n) is 3.14. The molecule has 0 amide bonds. The highest BCUT2D eigenvalue weighted by atomic mass is 32.1. The van der Waals surface area contributed by atoms with Gasteiger partial charge >= 0.3 is 0 Å². The Morgan fingerprint density at radius 3 is 2.94 bits per heavy atom. The molecule has 1 aromatic heterocycles. The van der Waals surface area contributed by atoms with Gasteiger partial charge in [0.25, 0.3) is 0 Å². The second-order valence-electron chi connectivity index (χ2n) is 4.31. The van der Waals surface area contributed by atoms with Crippen molar-refractivity contribution in [3.8, 4) is 0 Å². The number of aliphatic hydroxyl groups is 2. The largest absolute Gasteiger partial charge is 0.394 e. The zero-order chi connectivity index (χ0) is 13.3. The Labute approximate surface area is 110 Å². The molecule has 6 nitrogen and oxygen atoms in total. The first-order chi connectivity index (χ1) is 8.56. The molecule has 1 aromatic rings.